The van der Waals surface area contributed by atoms with E-state index in [-0.39, 0.29) is 49.0 Å². The Labute approximate surface area is 325 Å². The van der Waals surface area contributed by atoms with Gasteiger partial charge in [-0.25, -0.2) is 22.8 Å². The van der Waals surface area contributed by atoms with Crippen LogP contribution in [0, 0.1) is 11.7 Å². The third kappa shape index (κ3) is 8.07. The molecule has 2 N–H and O–H groups in total. The average Bonchev–Trinajstić information content (AvgIpc) is 3.50. The lowest BCUT2D eigenvalue weighted by molar-refractivity contribution is -0.136. The normalized spacial score (nSPS) is 22.6. The van der Waals surface area contributed by atoms with Gasteiger partial charge < -0.3 is 20.0 Å². The van der Waals surface area contributed by atoms with Crippen LogP contribution in [-0.4, -0.2) is 108 Å². The zero-order valence-electron chi connectivity index (χ0n) is 30.6. The smallest absolute Gasteiger partial charge is 0.255 e. The number of piperidine rings is 4. The molecule has 1 atom stereocenters. The number of nitrogens with one attached hydrogen (secondary N) is 2. The van der Waals surface area contributed by atoms with Gasteiger partial charge in [-0.3, -0.25) is 19.7 Å². The maximum absolute atomic E-state index is 15.5. The molecule has 8 rings (SSSR count). The Morgan fingerprint density at radius 2 is 1.62 bits per heavy atom. The average molecular weight is 793 g/mol. The van der Waals surface area contributed by atoms with Crippen LogP contribution in [0.2, 0.25) is 5.02 Å². The molecule has 0 saturated carbocycles. The molecule has 0 radical (unpaired) electrons. The van der Waals surface area contributed by atoms with Gasteiger partial charge >= 0.3 is 0 Å². The van der Waals surface area contributed by atoms with Gasteiger partial charge in [-0.05, 0) is 105 Å². The summed E-state index contributed by atoms with van der Waals surface area (Å²) in [6.45, 7) is 5.48. The van der Waals surface area contributed by atoms with Crippen LogP contribution in [0.25, 0.3) is 0 Å². The highest BCUT2D eigenvalue weighted by atomic mass is 35.5. The first-order valence-corrected chi connectivity index (χ1v) is 21.1. The van der Waals surface area contributed by atoms with Crippen LogP contribution in [0.4, 0.5) is 16.0 Å². The van der Waals surface area contributed by atoms with Crippen molar-refractivity contribution in [3.63, 3.8) is 0 Å². The standard InChI is InChI=1S/C39H46ClFN8O5S/c40-28-21-42-39(43-22-28)44-29-10-16-48(17-11-29)55(53,54)31-3-1-2-30(19-31)47-14-6-25(7-15-47)23-46-12-8-26(9-13-46)32-18-27-24-49(38(52)33(27)20-34(32)41)35-4-5-36(50)45-37(35)51/h1-3,18-22,25-26,29,35H,4-17,23-24H2,(H,42,43,44)(H,45,50,51). The van der Waals surface area contributed by atoms with E-state index in [2.05, 4.69) is 30.4 Å². The van der Waals surface area contributed by atoms with Gasteiger partial charge in [0.25, 0.3) is 5.91 Å². The number of likely N-dealkylation sites (tertiary alicyclic amines) is 1. The van der Waals surface area contributed by atoms with Gasteiger partial charge in [0.2, 0.25) is 27.8 Å². The Kier molecular flexibility index (Phi) is 10.8. The van der Waals surface area contributed by atoms with Crippen LogP contribution < -0.4 is 15.5 Å². The van der Waals surface area contributed by atoms with Crippen LogP contribution in [-0.2, 0) is 26.2 Å². The van der Waals surface area contributed by atoms with Crippen molar-refractivity contribution in [2.45, 2.75) is 80.8 Å². The summed E-state index contributed by atoms with van der Waals surface area (Å²) in [6, 6.07) is 9.84. The fourth-order valence-electron chi connectivity index (χ4n) is 8.89. The monoisotopic (exact) mass is 792 g/mol. The molecule has 16 heteroatoms. The number of nitrogens with zero attached hydrogens (tertiary/aromatic N) is 6. The van der Waals surface area contributed by atoms with Crippen molar-refractivity contribution in [1.29, 1.82) is 0 Å². The highest BCUT2D eigenvalue weighted by Gasteiger charge is 2.40. The summed E-state index contributed by atoms with van der Waals surface area (Å²) in [5.74, 6) is -0.481. The molecular weight excluding hydrogens is 747 g/mol. The van der Waals surface area contributed by atoms with Gasteiger partial charge in [0.15, 0.2) is 0 Å². The number of hydrogen-bond donors (Lipinski definition) is 2. The number of aromatic nitrogens is 2. The van der Waals surface area contributed by atoms with Gasteiger partial charge in [0, 0.05) is 63.0 Å². The molecule has 5 aliphatic rings. The summed E-state index contributed by atoms with van der Waals surface area (Å²) in [5, 5.41) is 6.06. The second-order valence-electron chi connectivity index (χ2n) is 15.5. The van der Waals surface area contributed by atoms with Gasteiger partial charge in [-0.2, -0.15) is 4.31 Å². The van der Waals surface area contributed by atoms with E-state index in [4.69, 9.17) is 11.6 Å². The van der Waals surface area contributed by atoms with Crippen LogP contribution in [0.1, 0.15) is 78.8 Å². The molecule has 4 fully saturated rings. The number of anilines is 2. The second-order valence-corrected chi connectivity index (χ2v) is 17.9. The number of imide groups is 1. The summed E-state index contributed by atoms with van der Waals surface area (Å²) in [4.78, 5) is 52.1. The van der Waals surface area contributed by atoms with E-state index in [1.54, 1.807) is 10.4 Å². The van der Waals surface area contributed by atoms with E-state index < -0.39 is 22.0 Å². The fourth-order valence-corrected chi connectivity index (χ4v) is 10.5. The zero-order chi connectivity index (χ0) is 38.3. The van der Waals surface area contributed by atoms with Crippen LogP contribution >= 0.6 is 11.6 Å². The minimum Gasteiger partial charge on any atom is -0.371 e. The van der Waals surface area contributed by atoms with Crippen molar-refractivity contribution in [3.8, 4) is 0 Å². The predicted molar refractivity (Wildman–Crippen MR) is 205 cm³/mol. The lowest BCUT2D eigenvalue weighted by Crippen LogP contribution is -2.52. The van der Waals surface area contributed by atoms with Crippen LogP contribution in [0.15, 0.2) is 53.7 Å². The summed E-state index contributed by atoms with van der Waals surface area (Å²) in [6.07, 6.45) is 8.48. The number of carbonyl (C=O) groups is 3. The summed E-state index contributed by atoms with van der Waals surface area (Å²) in [5.41, 5.74) is 2.61. The Morgan fingerprint density at radius 1 is 0.891 bits per heavy atom. The lowest BCUT2D eigenvalue weighted by atomic mass is 9.86. The summed E-state index contributed by atoms with van der Waals surface area (Å²) < 4.78 is 44.4. The first-order valence-electron chi connectivity index (χ1n) is 19.3. The topological polar surface area (TPSA) is 148 Å². The number of amides is 3. The van der Waals surface area contributed by atoms with Crippen molar-refractivity contribution in [2.75, 3.05) is 56.0 Å². The first kappa shape index (κ1) is 37.7. The Balaban J connectivity index is 0.804. The van der Waals surface area contributed by atoms with E-state index in [9.17, 15) is 22.8 Å². The summed E-state index contributed by atoms with van der Waals surface area (Å²) in [7, 11) is -3.64. The quantitative estimate of drug-likeness (QED) is 0.299. The van der Waals surface area contributed by atoms with E-state index >= 15 is 4.39 Å². The lowest BCUT2D eigenvalue weighted by Gasteiger charge is -2.38. The van der Waals surface area contributed by atoms with Gasteiger partial charge in [0.1, 0.15) is 11.9 Å². The van der Waals surface area contributed by atoms with Gasteiger partial charge in [-0.15, -0.1) is 0 Å². The Bertz CT molecular complexity index is 2050. The number of benzene rings is 2. The summed E-state index contributed by atoms with van der Waals surface area (Å²) >= 11 is 5.89. The molecule has 3 amide bonds. The van der Waals surface area contributed by atoms with E-state index in [1.807, 2.05) is 24.3 Å². The Morgan fingerprint density at radius 3 is 2.33 bits per heavy atom. The van der Waals surface area contributed by atoms with Gasteiger partial charge in [0.05, 0.1) is 22.3 Å². The van der Waals surface area contributed by atoms with Crippen molar-refractivity contribution >= 4 is 51.0 Å². The fraction of sp³-hybridized carbons (Fsp3) is 0.513. The maximum Gasteiger partial charge on any atom is 0.255 e. The number of halogens is 2. The molecule has 0 bridgehead atoms. The van der Waals surface area contributed by atoms with Crippen molar-refractivity contribution in [1.82, 2.24) is 29.4 Å². The molecule has 3 aromatic rings. The minimum atomic E-state index is -3.64. The number of rotatable bonds is 9. The van der Waals surface area contributed by atoms with Crippen LogP contribution in [0.3, 0.4) is 0 Å². The van der Waals surface area contributed by atoms with Crippen molar-refractivity contribution < 1.29 is 27.2 Å². The Hall–Kier alpha value is -4.18. The van der Waals surface area contributed by atoms with Crippen molar-refractivity contribution in [3.05, 3.63) is 76.3 Å². The highest BCUT2D eigenvalue weighted by Crippen LogP contribution is 2.36. The highest BCUT2D eigenvalue weighted by molar-refractivity contribution is 7.89. The maximum atomic E-state index is 15.5. The molecule has 0 aliphatic carbocycles. The second kappa shape index (κ2) is 15.8. The van der Waals surface area contributed by atoms with E-state index in [0.717, 1.165) is 69.7 Å². The minimum absolute atomic E-state index is 0.0544. The molecule has 4 saturated heterocycles. The molecule has 2 aromatic carbocycles. The number of hydrogen-bond acceptors (Lipinski definition) is 10. The molecule has 13 nitrogen and oxygen atoms in total. The molecule has 1 aromatic heterocycles. The van der Waals surface area contributed by atoms with E-state index in [1.165, 1.54) is 23.4 Å². The molecule has 292 valence electrons. The zero-order valence-corrected chi connectivity index (χ0v) is 32.2. The van der Waals surface area contributed by atoms with Crippen molar-refractivity contribution in [2.24, 2.45) is 5.92 Å². The molecule has 1 unspecified atom stereocenters. The molecule has 6 heterocycles. The van der Waals surface area contributed by atoms with Gasteiger partial charge in [-0.1, -0.05) is 23.7 Å². The predicted octanol–water partition coefficient (Wildman–Crippen LogP) is 4.39. The molecule has 0 spiro atoms. The molecular formula is C39H46ClFN8O5S. The third-order valence-corrected chi connectivity index (χ3v) is 14.1. The van der Waals surface area contributed by atoms with Crippen LogP contribution in [0.5, 0.6) is 0 Å². The molecule has 5 aliphatic heterocycles. The SMILES string of the molecule is O=C1CCC(N2Cc3cc(C4CCN(CC5CCN(c6cccc(S(=O)(=O)N7CCC(Nc8ncc(Cl)cn8)CC7)c6)CC5)CC4)c(F)cc3C2=O)C(=O)N1. The first-order chi connectivity index (χ1) is 26.5. The number of sulfonamides is 1. The van der Waals surface area contributed by atoms with E-state index in [0.29, 0.717) is 58.8 Å². The largest absolute Gasteiger partial charge is 0.371 e. The number of fused-ring (bicyclic) bond motifs is 1. The third-order valence-electron chi connectivity index (χ3n) is 12.0. The molecule has 55 heavy (non-hydrogen) atoms. The number of carbonyl (C=O) groups excluding carboxylic acids is 3.